The van der Waals surface area contributed by atoms with E-state index in [4.69, 9.17) is 0 Å². The fourth-order valence-electron chi connectivity index (χ4n) is 2.05. The van der Waals surface area contributed by atoms with Crippen LogP contribution in [0.2, 0.25) is 0 Å². The molecule has 0 aliphatic heterocycles. The topological polar surface area (TPSA) is 17.1 Å². The SMILES string of the molecule is CCC(CC)C(=O)c1csc2ccccc12. The molecule has 0 aliphatic rings. The lowest BCUT2D eigenvalue weighted by molar-refractivity contribution is 0.0915. The summed E-state index contributed by atoms with van der Waals surface area (Å²) in [6.45, 7) is 4.17. The second-order valence-corrected chi connectivity index (χ2v) is 4.93. The summed E-state index contributed by atoms with van der Waals surface area (Å²) in [5, 5.41) is 3.12. The first-order valence-corrected chi connectivity index (χ1v) is 6.66. The van der Waals surface area contributed by atoms with Gasteiger partial charge in [-0.15, -0.1) is 11.3 Å². The molecule has 1 nitrogen and oxygen atoms in total. The molecule has 0 aliphatic carbocycles. The van der Waals surface area contributed by atoms with Crippen molar-refractivity contribution in [1.82, 2.24) is 0 Å². The van der Waals surface area contributed by atoms with Crippen LogP contribution in [0, 0.1) is 5.92 Å². The summed E-state index contributed by atoms with van der Waals surface area (Å²) < 4.78 is 1.21. The van der Waals surface area contributed by atoms with E-state index >= 15 is 0 Å². The average Bonchev–Trinajstić information content (AvgIpc) is 2.74. The van der Waals surface area contributed by atoms with Crippen LogP contribution in [0.15, 0.2) is 29.6 Å². The van der Waals surface area contributed by atoms with E-state index in [1.165, 1.54) is 4.70 Å². The summed E-state index contributed by atoms with van der Waals surface area (Å²) in [6.07, 6.45) is 1.86. The molecule has 16 heavy (non-hydrogen) atoms. The standard InChI is InChI=1S/C14H16OS/c1-3-10(4-2)14(15)12-9-16-13-8-6-5-7-11(12)13/h5-10H,3-4H2,1-2H3. The van der Waals surface area contributed by atoms with Crippen LogP contribution in [0.5, 0.6) is 0 Å². The van der Waals surface area contributed by atoms with E-state index < -0.39 is 0 Å². The maximum absolute atomic E-state index is 12.3. The molecule has 1 aromatic carbocycles. The van der Waals surface area contributed by atoms with Crippen LogP contribution in [0.3, 0.4) is 0 Å². The molecule has 1 heterocycles. The van der Waals surface area contributed by atoms with Gasteiger partial charge in [-0.1, -0.05) is 32.0 Å². The number of hydrogen-bond acceptors (Lipinski definition) is 2. The third-order valence-electron chi connectivity index (χ3n) is 3.10. The Labute approximate surface area is 100 Å². The number of ketones is 1. The number of carbonyl (C=O) groups excluding carboxylic acids is 1. The fourth-order valence-corrected chi connectivity index (χ4v) is 3.00. The molecule has 2 aromatic rings. The lowest BCUT2D eigenvalue weighted by Crippen LogP contribution is -2.12. The zero-order valence-corrected chi connectivity index (χ0v) is 10.5. The highest BCUT2D eigenvalue weighted by Gasteiger charge is 2.19. The Bertz CT molecular complexity index is 494. The van der Waals surface area contributed by atoms with Crippen molar-refractivity contribution in [2.75, 3.05) is 0 Å². The summed E-state index contributed by atoms with van der Waals surface area (Å²) >= 11 is 1.66. The zero-order chi connectivity index (χ0) is 11.5. The monoisotopic (exact) mass is 232 g/mol. The minimum absolute atomic E-state index is 0.179. The van der Waals surface area contributed by atoms with Crippen molar-refractivity contribution in [3.8, 4) is 0 Å². The van der Waals surface area contributed by atoms with Crippen molar-refractivity contribution in [3.63, 3.8) is 0 Å². The molecular weight excluding hydrogens is 216 g/mol. The number of fused-ring (bicyclic) bond motifs is 1. The Kier molecular flexibility index (Phi) is 3.39. The van der Waals surface area contributed by atoms with Crippen LogP contribution >= 0.6 is 11.3 Å². The smallest absolute Gasteiger partial charge is 0.167 e. The number of carbonyl (C=O) groups is 1. The Balaban J connectivity index is 2.43. The fraction of sp³-hybridized carbons (Fsp3) is 0.357. The van der Waals surface area contributed by atoms with Crippen LogP contribution in [0.25, 0.3) is 10.1 Å². The van der Waals surface area contributed by atoms with Crippen molar-refractivity contribution in [2.45, 2.75) is 26.7 Å². The summed E-state index contributed by atoms with van der Waals surface area (Å²) in [6, 6.07) is 8.13. The third-order valence-corrected chi connectivity index (χ3v) is 4.07. The Morgan fingerprint density at radius 2 is 1.94 bits per heavy atom. The van der Waals surface area contributed by atoms with Gasteiger partial charge in [0.15, 0.2) is 5.78 Å². The quantitative estimate of drug-likeness (QED) is 0.708. The van der Waals surface area contributed by atoms with E-state index in [1.54, 1.807) is 11.3 Å². The minimum atomic E-state index is 0.179. The summed E-state index contributed by atoms with van der Waals surface area (Å²) in [5.41, 5.74) is 0.911. The van der Waals surface area contributed by atoms with Crippen molar-refractivity contribution in [3.05, 3.63) is 35.2 Å². The predicted octanol–water partition coefficient (Wildman–Crippen LogP) is 4.52. The molecule has 0 N–H and O–H groups in total. The van der Waals surface area contributed by atoms with Gasteiger partial charge in [-0.25, -0.2) is 0 Å². The van der Waals surface area contributed by atoms with Gasteiger partial charge >= 0.3 is 0 Å². The zero-order valence-electron chi connectivity index (χ0n) is 9.69. The molecule has 0 bridgehead atoms. The maximum atomic E-state index is 12.3. The van der Waals surface area contributed by atoms with Gasteiger partial charge in [-0.3, -0.25) is 4.79 Å². The van der Waals surface area contributed by atoms with Gasteiger partial charge in [-0.2, -0.15) is 0 Å². The molecule has 2 heteroatoms. The summed E-state index contributed by atoms with van der Waals surface area (Å²) in [7, 11) is 0. The van der Waals surface area contributed by atoms with E-state index in [0.29, 0.717) is 5.78 Å². The second kappa shape index (κ2) is 4.79. The first-order chi connectivity index (χ1) is 7.77. The minimum Gasteiger partial charge on any atom is -0.294 e. The van der Waals surface area contributed by atoms with Gasteiger partial charge in [0, 0.05) is 26.9 Å². The molecule has 0 amide bonds. The van der Waals surface area contributed by atoms with Gasteiger partial charge in [0.1, 0.15) is 0 Å². The van der Waals surface area contributed by atoms with Gasteiger partial charge in [-0.05, 0) is 18.9 Å². The van der Waals surface area contributed by atoms with E-state index in [2.05, 4.69) is 19.9 Å². The highest BCUT2D eigenvalue weighted by Crippen LogP contribution is 2.28. The van der Waals surface area contributed by atoms with Crippen LogP contribution < -0.4 is 0 Å². The maximum Gasteiger partial charge on any atom is 0.167 e. The molecule has 0 saturated carbocycles. The molecule has 0 unspecified atom stereocenters. The molecular formula is C14H16OS. The lowest BCUT2D eigenvalue weighted by atomic mass is 9.93. The molecule has 0 atom stereocenters. The van der Waals surface area contributed by atoms with E-state index in [-0.39, 0.29) is 5.92 Å². The first-order valence-electron chi connectivity index (χ1n) is 5.78. The van der Waals surface area contributed by atoms with Crippen LogP contribution in [0.4, 0.5) is 0 Å². The van der Waals surface area contributed by atoms with Crippen molar-refractivity contribution >= 4 is 27.2 Å². The molecule has 0 radical (unpaired) electrons. The number of rotatable bonds is 4. The van der Waals surface area contributed by atoms with Gasteiger partial charge in [0.05, 0.1) is 0 Å². The number of thiophene rings is 1. The van der Waals surface area contributed by atoms with E-state index in [9.17, 15) is 4.79 Å². The Morgan fingerprint density at radius 3 is 2.62 bits per heavy atom. The average molecular weight is 232 g/mol. The van der Waals surface area contributed by atoms with E-state index in [1.807, 2.05) is 23.6 Å². The molecule has 1 aromatic heterocycles. The van der Waals surface area contributed by atoms with E-state index in [0.717, 1.165) is 23.8 Å². The van der Waals surface area contributed by atoms with Crippen LogP contribution in [-0.4, -0.2) is 5.78 Å². The first kappa shape index (κ1) is 11.3. The van der Waals surface area contributed by atoms with Gasteiger partial charge in [0.25, 0.3) is 0 Å². The van der Waals surface area contributed by atoms with Gasteiger partial charge in [0.2, 0.25) is 0 Å². The predicted molar refractivity (Wildman–Crippen MR) is 70.2 cm³/mol. The highest BCUT2D eigenvalue weighted by molar-refractivity contribution is 7.17. The second-order valence-electron chi connectivity index (χ2n) is 4.02. The van der Waals surface area contributed by atoms with Crippen molar-refractivity contribution in [2.24, 2.45) is 5.92 Å². The van der Waals surface area contributed by atoms with Crippen molar-refractivity contribution in [1.29, 1.82) is 0 Å². The van der Waals surface area contributed by atoms with Gasteiger partial charge < -0.3 is 0 Å². The Morgan fingerprint density at radius 1 is 1.25 bits per heavy atom. The molecule has 0 saturated heterocycles. The number of Topliss-reactive ketones (excluding diaryl/α,β-unsaturated/α-hetero) is 1. The Hall–Kier alpha value is -1.15. The van der Waals surface area contributed by atoms with Crippen molar-refractivity contribution < 1.29 is 4.79 Å². The summed E-state index contributed by atoms with van der Waals surface area (Å²) in [4.78, 5) is 12.3. The third kappa shape index (κ3) is 1.90. The molecule has 0 spiro atoms. The summed E-state index contributed by atoms with van der Waals surface area (Å²) in [5.74, 6) is 0.487. The van der Waals surface area contributed by atoms with Crippen LogP contribution in [-0.2, 0) is 0 Å². The largest absolute Gasteiger partial charge is 0.294 e. The highest BCUT2D eigenvalue weighted by atomic mass is 32.1. The molecule has 0 fully saturated rings. The normalized spacial score (nSPS) is 11.2. The molecule has 84 valence electrons. The lowest BCUT2D eigenvalue weighted by Gasteiger charge is -2.09. The molecule has 2 rings (SSSR count). The number of benzene rings is 1. The van der Waals surface area contributed by atoms with Crippen LogP contribution in [0.1, 0.15) is 37.0 Å². The number of hydrogen-bond donors (Lipinski definition) is 0.